The molecule has 3 heterocycles. The van der Waals surface area contributed by atoms with Crippen molar-refractivity contribution in [1.82, 2.24) is 19.2 Å². The fourth-order valence-electron chi connectivity index (χ4n) is 3.61. The predicted molar refractivity (Wildman–Crippen MR) is 87.7 cm³/mol. The number of aromatic amines is 1. The van der Waals surface area contributed by atoms with Crippen molar-refractivity contribution in [2.45, 2.75) is 45.2 Å². The van der Waals surface area contributed by atoms with Crippen LogP contribution in [0.15, 0.2) is 10.9 Å². The molecule has 2 aliphatic rings. The number of sulfonamides is 1. The molecule has 2 fully saturated rings. The number of aromatic nitrogens is 2. The molecule has 7 nitrogen and oxygen atoms in total. The standard InChI is InChI=1S/C15H24N4O3S/c1-11-9-14(20)17-15(16-11)12(2)18-6-3-5-13(10-18)19-7-4-8-23(19,21)22/h9,12-13H,3-8,10H2,1-2H3,(H,16,17,20)/t12-,13+/m1/s1. The molecule has 0 spiro atoms. The van der Waals surface area contributed by atoms with Crippen LogP contribution in [0.2, 0.25) is 0 Å². The molecule has 128 valence electrons. The first-order chi connectivity index (χ1) is 10.9. The Morgan fingerprint density at radius 1 is 1.35 bits per heavy atom. The Morgan fingerprint density at radius 3 is 2.78 bits per heavy atom. The van der Waals surface area contributed by atoms with Gasteiger partial charge in [0.1, 0.15) is 5.82 Å². The van der Waals surface area contributed by atoms with E-state index >= 15 is 0 Å². The molecule has 0 amide bonds. The lowest BCUT2D eigenvalue weighted by Gasteiger charge is -2.39. The van der Waals surface area contributed by atoms with E-state index in [0.717, 1.165) is 25.8 Å². The lowest BCUT2D eigenvalue weighted by atomic mass is 10.0. The van der Waals surface area contributed by atoms with E-state index in [-0.39, 0.29) is 23.4 Å². The average Bonchev–Trinajstić information content (AvgIpc) is 2.85. The highest BCUT2D eigenvalue weighted by atomic mass is 32.2. The highest BCUT2D eigenvalue weighted by molar-refractivity contribution is 7.89. The topological polar surface area (TPSA) is 86.4 Å². The van der Waals surface area contributed by atoms with Gasteiger partial charge < -0.3 is 4.98 Å². The molecule has 3 rings (SSSR count). The summed E-state index contributed by atoms with van der Waals surface area (Å²) in [5, 5.41) is 0. The Balaban J connectivity index is 1.76. The number of hydrogen-bond donors (Lipinski definition) is 1. The SMILES string of the molecule is Cc1cc(=O)[nH]c([C@@H](C)N2CCC[C@H](N3CCCS3(=O)=O)C2)n1. The number of rotatable bonds is 3. The van der Waals surface area contributed by atoms with Crippen LogP contribution in [0, 0.1) is 6.92 Å². The maximum absolute atomic E-state index is 12.1. The average molecular weight is 340 g/mol. The lowest BCUT2D eigenvalue weighted by Crippen LogP contribution is -2.49. The third-order valence-electron chi connectivity index (χ3n) is 4.80. The van der Waals surface area contributed by atoms with Gasteiger partial charge in [-0.1, -0.05) is 0 Å². The van der Waals surface area contributed by atoms with Crippen molar-refractivity contribution in [2.24, 2.45) is 0 Å². The zero-order valence-electron chi connectivity index (χ0n) is 13.7. The smallest absolute Gasteiger partial charge is 0.251 e. The summed E-state index contributed by atoms with van der Waals surface area (Å²) in [7, 11) is -3.08. The molecule has 23 heavy (non-hydrogen) atoms. The van der Waals surface area contributed by atoms with Crippen molar-refractivity contribution in [3.05, 3.63) is 27.9 Å². The second kappa shape index (κ2) is 6.33. The molecule has 2 saturated heterocycles. The summed E-state index contributed by atoms with van der Waals surface area (Å²) in [6.45, 7) is 6.04. The number of aryl methyl sites for hydroxylation is 1. The first kappa shape index (κ1) is 16.6. The molecule has 1 N–H and O–H groups in total. The van der Waals surface area contributed by atoms with Gasteiger partial charge in [-0.25, -0.2) is 13.4 Å². The third kappa shape index (κ3) is 3.49. The molecule has 2 atom stereocenters. The summed E-state index contributed by atoms with van der Waals surface area (Å²) in [6, 6.07) is 1.48. The fraction of sp³-hybridized carbons (Fsp3) is 0.733. The van der Waals surface area contributed by atoms with Gasteiger partial charge in [0.15, 0.2) is 0 Å². The van der Waals surface area contributed by atoms with Gasteiger partial charge in [0.25, 0.3) is 5.56 Å². The monoisotopic (exact) mass is 340 g/mol. The summed E-state index contributed by atoms with van der Waals surface area (Å²) in [6.07, 6.45) is 2.58. The Kier molecular flexibility index (Phi) is 4.57. The van der Waals surface area contributed by atoms with Crippen LogP contribution >= 0.6 is 0 Å². The molecule has 0 bridgehead atoms. The minimum Gasteiger partial charge on any atom is -0.309 e. The molecule has 0 unspecified atom stereocenters. The van der Waals surface area contributed by atoms with Crippen LogP contribution in [0.1, 0.15) is 43.7 Å². The van der Waals surface area contributed by atoms with Gasteiger partial charge in [0, 0.05) is 30.9 Å². The Morgan fingerprint density at radius 2 is 2.13 bits per heavy atom. The van der Waals surface area contributed by atoms with Crippen LogP contribution in [0.5, 0.6) is 0 Å². The van der Waals surface area contributed by atoms with Crippen LogP contribution in [-0.4, -0.2) is 59.0 Å². The number of hydrogen-bond acceptors (Lipinski definition) is 5. The van der Waals surface area contributed by atoms with Gasteiger partial charge in [-0.15, -0.1) is 0 Å². The van der Waals surface area contributed by atoms with Crippen LogP contribution in [0.25, 0.3) is 0 Å². The van der Waals surface area contributed by atoms with Crippen molar-refractivity contribution in [1.29, 1.82) is 0 Å². The second-order valence-electron chi connectivity index (χ2n) is 6.52. The van der Waals surface area contributed by atoms with E-state index in [0.29, 0.717) is 24.6 Å². The van der Waals surface area contributed by atoms with Crippen molar-refractivity contribution in [3.63, 3.8) is 0 Å². The van der Waals surface area contributed by atoms with Crippen molar-refractivity contribution < 1.29 is 8.42 Å². The van der Waals surface area contributed by atoms with E-state index in [4.69, 9.17) is 0 Å². The number of H-pyrrole nitrogens is 1. The van der Waals surface area contributed by atoms with Crippen LogP contribution in [0.3, 0.4) is 0 Å². The maximum atomic E-state index is 12.1. The normalized spacial score (nSPS) is 27.1. The Labute approximate surface area is 136 Å². The number of nitrogens with zero attached hydrogens (tertiary/aromatic N) is 3. The van der Waals surface area contributed by atoms with Crippen molar-refractivity contribution >= 4 is 10.0 Å². The number of piperidine rings is 1. The molecular formula is C15H24N4O3S. The molecule has 2 aliphatic heterocycles. The van der Waals surface area contributed by atoms with Gasteiger partial charge >= 0.3 is 0 Å². The number of likely N-dealkylation sites (tertiary alicyclic amines) is 1. The minimum atomic E-state index is -3.08. The molecule has 8 heteroatoms. The zero-order chi connectivity index (χ0) is 16.6. The predicted octanol–water partition coefficient (Wildman–Crippen LogP) is 0.639. The van der Waals surface area contributed by atoms with Crippen molar-refractivity contribution in [3.8, 4) is 0 Å². The van der Waals surface area contributed by atoms with E-state index in [1.54, 1.807) is 11.2 Å². The van der Waals surface area contributed by atoms with Crippen molar-refractivity contribution in [2.75, 3.05) is 25.4 Å². The first-order valence-electron chi connectivity index (χ1n) is 8.18. The molecule has 0 radical (unpaired) electrons. The summed E-state index contributed by atoms with van der Waals surface area (Å²) in [5.74, 6) is 0.922. The first-order valence-corrected chi connectivity index (χ1v) is 9.79. The Bertz CT molecular complexity index is 730. The molecule has 1 aromatic heterocycles. The van der Waals surface area contributed by atoms with Gasteiger partial charge in [0.05, 0.1) is 11.8 Å². The molecule has 1 aromatic rings. The van der Waals surface area contributed by atoms with Gasteiger partial charge in [-0.05, 0) is 39.7 Å². The Hall–Kier alpha value is -1.25. The third-order valence-corrected chi connectivity index (χ3v) is 6.80. The number of nitrogens with one attached hydrogen (secondary N) is 1. The highest BCUT2D eigenvalue weighted by Gasteiger charge is 2.37. The lowest BCUT2D eigenvalue weighted by molar-refractivity contribution is 0.113. The van der Waals surface area contributed by atoms with Crippen LogP contribution in [-0.2, 0) is 10.0 Å². The molecule has 0 aromatic carbocycles. The van der Waals surface area contributed by atoms with Crippen LogP contribution in [0.4, 0.5) is 0 Å². The van der Waals surface area contributed by atoms with Gasteiger partial charge in [-0.3, -0.25) is 9.69 Å². The van der Waals surface area contributed by atoms with E-state index in [1.165, 1.54) is 6.07 Å². The second-order valence-corrected chi connectivity index (χ2v) is 8.56. The van der Waals surface area contributed by atoms with E-state index in [1.807, 2.05) is 6.92 Å². The summed E-state index contributed by atoms with van der Waals surface area (Å²) >= 11 is 0. The van der Waals surface area contributed by atoms with E-state index < -0.39 is 10.0 Å². The summed E-state index contributed by atoms with van der Waals surface area (Å²) < 4.78 is 26.0. The maximum Gasteiger partial charge on any atom is 0.251 e. The van der Waals surface area contributed by atoms with E-state index in [9.17, 15) is 13.2 Å². The highest BCUT2D eigenvalue weighted by Crippen LogP contribution is 2.27. The summed E-state index contributed by atoms with van der Waals surface area (Å²) in [4.78, 5) is 21.1. The van der Waals surface area contributed by atoms with Gasteiger partial charge in [-0.2, -0.15) is 4.31 Å². The largest absolute Gasteiger partial charge is 0.309 e. The van der Waals surface area contributed by atoms with Gasteiger partial charge in [0.2, 0.25) is 10.0 Å². The molecular weight excluding hydrogens is 316 g/mol. The van der Waals surface area contributed by atoms with E-state index in [2.05, 4.69) is 14.9 Å². The molecule has 0 saturated carbocycles. The van der Waals surface area contributed by atoms with Crippen LogP contribution < -0.4 is 5.56 Å². The zero-order valence-corrected chi connectivity index (χ0v) is 14.5. The molecule has 0 aliphatic carbocycles. The quantitative estimate of drug-likeness (QED) is 0.872. The minimum absolute atomic E-state index is 0.0318. The summed E-state index contributed by atoms with van der Waals surface area (Å²) in [5.41, 5.74) is 0.557. The fourth-order valence-corrected chi connectivity index (χ4v) is 5.37.